The molecular formula is C42H44O15. The van der Waals surface area contributed by atoms with E-state index in [1.54, 1.807) is 48.5 Å². The molecule has 2 aliphatic heterocycles. The molecule has 0 radical (unpaired) electrons. The van der Waals surface area contributed by atoms with Crippen LogP contribution in [0.1, 0.15) is 64.6 Å². The number of rotatable bonds is 13. The van der Waals surface area contributed by atoms with Gasteiger partial charge in [-0.1, -0.05) is 6.07 Å². The maximum Gasteiger partial charge on any atom is 0.303 e. The van der Waals surface area contributed by atoms with Gasteiger partial charge in [-0.05, 0) is 42.5 Å². The zero-order chi connectivity index (χ0) is 41.1. The van der Waals surface area contributed by atoms with Crippen molar-refractivity contribution in [3.05, 3.63) is 82.4 Å². The summed E-state index contributed by atoms with van der Waals surface area (Å²) in [5, 5.41) is 0. The molecule has 15 nitrogen and oxygen atoms in total. The van der Waals surface area contributed by atoms with E-state index in [4.69, 9.17) is 56.8 Å². The van der Waals surface area contributed by atoms with Crippen LogP contribution in [0, 0.1) is 0 Å². The molecule has 0 saturated heterocycles. The number of esters is 2. The second-order valence-electron chi connectivity index (χ2n) is 12.9. The monoisotopic (exact) mass is 788 g/mol. The Labute approximate surface area is 329 Å². The van der Waals surface area contributed by atoms with Crippen LogP contribution >= 0.6 is 0 Å². The van der Waals surface area contributed by atoms with Crippen molar-refractivity contribution in [2.45, 2.75) is 44.2 Å². The minimum Gasteiger partial charge on any atom is -0.497 e. The van der Waals surface area contributed by atoms with E-state index in [9.17, 15) is 14.4 Å². The van der Waals surface area contributed by atoms with Gasteiger partial charge in [-0.2, -0.15) is 0 Å². The third-order valence-corrected chi connectivity index (χ3v) is 9.79. The molecule has 4 aromatic carbocycles. The Morgan fingerprint density at radius 1 is 0.561 bits per heavy atom. The maximum absolute atomic E-state index is 14.6. The highest BCUT2D eigenvalue weighted by Gasteiger charge is 2.49. The van der Waals surface area contributed by atoms with E-state index in [0.717, 1.165) is 0 Å². The number of carbonyl (C=O) groups is 3. The van der Waals surface area contributed by atoms with E-state index < -0.39 is 48.1 Å². The number of hydrogen-bond acceptors (Lipinski definition) is 15. The van der Waals surface area contributed by atoms with E-state index in [1.165, 1.54) is 76.8 Å². The highest BCUT2D eigenvalue weighted by molar-refractivity contribution is 6.05. The summed E-state index contributed by atoms with van der Waals surface area (Å²) in [7, 11) is 11.8. The number of methoxy groups -OCH3 is 8. The van der Waals surface area contributed by atoms with Crippen LogP contribution in [0.15, 0.2) is 54.6 Å². The predicted octanol–water partition coefficient (Wildman–Crippen LogP) is 6.20. The lowest BCUT2D eigenvalue weighted by Gasteiger charge is -2.41. The number of benzene rings is 4. The van der Waals surface area contributed by atoms with Crippen LogP contribution in [0.2, 0.25) is 0 Å². The van der Waals surface area contributed by atoms with Crippen LogP contribution in [0.3, 0.4) is 0 Å². The van der Waals surface area contributed by atoms with Crippen LogP contribution < -0.4 is 47.4 Å². The van der Waals surface area contributed by atoms with Crippen LogP contribution in [0.5, 0.6) is 57.5 Å². The van der Waals surface area contributed by atoms with Gasteiger partial charge in [-0.25, -0.2) is 0 Å². The van der Waals surface area contributed by atoms with Gasteiger partial charge in [0, 0.05) is 42.2 Å². The van der Waals surface area contributed by atoms with Crippen molar-refractivity contribution in [2.75, 3.05) is 56.9 Å². The lowest BCUT2D eigenvalue weighted by atomic mass is 9.77. The summed E-state index contributed by atoms with van der Waals surface area (Å²) in [6.07, 6.45) is -4.81. The molecule has 0 fully saturated rings. The summed E-state index contributed by atoms with van der Waals surface area (Å²) in [6.45, 7) is 2.49. The Morgan fingerprint density at radius 2 is 1.09 bits per heavy atom. The van der Waals surface area contributed by atoms with E-state index >= 15 is 0 Å². The van der Waals surface area contributed by atoms with Crippen molar-refractivity contribution in [1.82, 2.24) is 0 Å². The van der Waals surface area contributed by atoms with Gasteiger partial charge in [0.25, 0.3) is 0 Å². The standard InChI is InChI=1S/C42H44O15/c1-20(43)54-41-33(25-12-11-24(46-3)19-28(25)56-36(41)22-15-29(48-5)39(52-9)30(16-22)49-6)34-27(47-4)14-13-26-35(45)42(55-21(2)44)37(57-38(26)34)23-17-31(50-7)40(53-10)32(18-23)51-8/h11-19,33,36-37,41-42H,1-10H3. The maximum atomic E-state index is 14.6. The molecule has 5 atom stereocenters. The molecule has 5 unspecified atom stereocenters. The largest absolute Gasteiger partial charge is 0.497 e. The van der Waals surface area contributed by atoms with Gasteiger partial charge in [0.1, 0.15) is 23.0 Å². The average Bonchev–Trinajstić information content (AvgIpc) is 3.22. The minimum atomic E-state index is -1.43. The zero-order valence-corrected chi connectivity index (χ0v) is 33.2. The van der Waals surface area contributed by atoms with Crippen molar-refractivity contribution < 1.29 is 71.2 Å². The van der Waals surface area contributed by atoms with Crippen molar-refractivity contribution in [1.29, 1.82) is 0 Å². The first-order valence-electron chi connectivity index (χ1n) is 17.7. The molecule has 15 heteroatoms. The molecule has 0 aliphatic carbocycles. The fourth-order valence-electron chi connectivity index (χ4n) is 7.38. The summed E-state index contributed by atoms with van der Waals surface area (Å²) >= 11 is 0. The van der Waals surface area contributed by atoms with Crippen LogP contribution in [0.25, 0.3) is 0 Å². The number of Topliss-reactive ketones (excluding diaryl/α,β-unsaturated/α-hetero) is 1. The zero-order valence-electron chi connectivity index (χ0n) is 33.2. The van der Waals surface area contributed by atoms with Gasteiger partial charge in [0.2, 0.25) is 23.4 Å². The summed E-state index contributed by atoms with van der Waals surface area (Å²) in [5.74, 6) is 0.311. The number of carbonyl (C=O) groups excluding carboxylic acids is 3. The first kappa shape index (κ1) is 40.2. The highest BCUT2D eigenvalue weighted by atomic mass is 16.6. The minimum absolute atomic E-state index is 0.0909. The molecule has 2 heterocycles. The van der Waals surface area contributed by atoms with Gasteiger partial charge >= 0.3 is 11.9 Å². The third-order valence-electron chi connectivity index (χ3n) is 9.79. The fraction of sp³-hybridized carbons (Fsp3) is 0.357. The first-order valence-corrected chi connectivity index (χ1v) is 17.7. The van der Waals surface area contributed by atoms with Gasteiger partial charge in [0.15, 0.2) is 41.3 Å². The van der Waals surface area contributed by atoms with Crippen molar-refractivity contribution in [3.8, 4) is 57.5 Å². The van der Waals surface area contributed by atoms with Crippen LogP contribution in [0.4, 0.5) is 0 Å². The second-order valence-corrected chi connectivity index (χ2v) is 12.9. The molecule has 4 aromatic rings. The van der Waals surface area contributed by atoms with Crippen molar-refractivity contribution in [3.63, 3.8) is 0 Å². The predicted molar refractivity (Wildman–Crippen MR) is 202 cm³/mol. The fourth-order valence-corrected chi connectivity index (χ4v) is 7.38. The quantitative estimate of drug-likeness (QED) is 0.141. The van der Waals surface area contributed by atoms with Crippen molar-refractivity contribution in [2.24, 2.45) is 0 Å². The molecular weight excluding hydrogens is 744 g/mol. The molecule has 57 heavy (non-hydrogen) atoms. The summed E-state index contributed by atoms with van der Waals surface area (Å²) in [6, 6.07) is 15.0. The number of ketones is 1. The van der Waals surface area contributed by atoms with Gasteiger partial charge in [-0.15, -0.1) is 0 Å². The number of ether oxygens (including phenoxy) is 12. The van der Waals surface area contributed by atoms with E-state index in [2.05, 4.69) is 0 Å². The Kier molecular flexibility index (Phi) is 11.8. The molecule has 0 amide bonds. The summed E-state index contributed by atoms with van der Waals surface area (Å²) < 4.78 is 70.7. The number of fused-ring (bicyclic) bond motifs is 2. The Bertz CT molecular complexity index is 2130. The normalized spacial score (nSPS) is 19.3. The van der Waals surface area contributed by atoms with E-state index in [0.29, 0.717) is 62.5 Å². The lowest BCUT2D eigenvalue weighted by molar-refractivity contribution is -0.153. The van der Waals surface area contributed by atoms with Gasteiger partial charge < -0.3 is 56.8 Å². The topological polar surface area (TPSA) is 162 Å². The molecule has 6 rings (SSSR count). The van der Waals surface area contributed by atoms with Gasteiger partial charge in [-0.3, -0.25) is 14.4 Å². The SMILES string of the molecule is COc1ccc2c(c1)OC(c1cc(OC)c(OC)c(OC)c1)C(OC(C)=O)C2c1c(OC)ccc2c1OC(c1cc(OC)c(OC)c(OC)c1)C(OC(C)=O)C2=O. The van der Waals surface area contributed by atoms with E-state index in [1.807, 2.05) is 0 Å². The molecule has 2 aliphatic rings. The van der Waals surface area contributed by atoms with Crippen molar-refractivity contribution >= 4 is 17.7 Å². The van der Waals surface area contributed by atoms with E-state index in [-0.39, 0.29) is 22.8 Å². The van der Waals surface area contributed by atoms with Crippen LogP contribution in [-0.2, 0) is 19.1 Å². The molecule has 0 N–H and O–H groups in total. The number of hydrogen-bond donors (Lipinski definition) is 0. The molecule has 302 valence electrons. The highest BCUT2D eigenvalue weighted by Crippen LogP contribution is 2.56. The molecule has 0 saturated carbocycles. The Hall–Kier alpha value is -6.51. The lowest BCUT2D eigenvalue weighted by Crippen LogP contribution is -2.42. The smallest absolute Gasteiger partial charge is 0.303 e. The first-order chi connectivity index (χ1) is 27.5. The Balaban J connectivity index is 1.65. The Morgan fingerprint density at radius 3 is 1.56 bits per heavy atom. The average molecular weight is 789 g/mol. The van der Waals surface area contributed by atoms with Gasteiger partial charge in [0.05, 0.1) is 68.4 Å². The summed E-state index contributed by atoms with van der Waals surface area (Å²) in [4.78, 5) is 40.3. The molecule has 0 bridgehead atoms. The third kappa shape index (κ3) is 7.32. The second kappa shape index (κ2) is 16.7. The van der Waals surface area contributed by atoms with Crippen LogP contribution in [-0.4, -0.2) is 86.8 Å². The molecule has 0 spiro atoms. The summed E-state index contributed by atoms with van der Waals surface area (Å²) in [5.41, 5.74) is 1.86. The molecule has 0 aromatic heterocycles.